The Balaban J connectivity index is 2.31. The molecule has 0 aliphatic heterocycles. The van der Waals surface area contributed by atoms with E-state index in [1.807, 2.05) is 66.7 Å². The second-order valence-corrected chi connectivity index (χ2v) is 4.63. The molecule has 3 rings (SSSR count). The van der Waals surface area contributed by atoms with Gasteiger partial charge in [-0.05, 0) is 22.8 Å². The average Bonchev–Trinajstić information content (AvgIpc) is 2.56. The highest BCUT2D eigenvalue weighted by atomic mass is 16.1. The summed E-state index contributed by atoms with van der Waals surface area (Å²) in [6, 6.07) is 25.8. The summed E-state index contributed by atoms with van der Waals surface area (Å²) in [4.78, 5) is 14.6. The maximum atomic E-state index is 10.7. The van der Waals surface area contributed by atoms with Crippen LogP contribution in [0, 0.1) is 0 Å². The maximum Gasteiger partial charge on any atom is 0.240 e. The lowest BCUT2D eigenvalue weighted by Crippen LogP contribution is -1.86. The Hall–Kier alpha value is -2.96. The van der Waals surface area contributed by atoms with Gasteiger partial charge >= 0.3 is 0 Å². The molecule has 21 heavy (non-hydrogen) atoms. The fourth-order valence-electron chi connectivity index (χ4n) is 2.45. The number of rotatable bonds is 3. The van der Waals surface area contributed by atoms with Gasteiger partial charge in [0.25, 0.3) is 0 Å². The van der Waals surface area contributed by atoms with Crippen LogP contribution in [-0.2, 0) is 4.79 Å². The number of nitrogens with zero attached hydrogens (tertiary/aromatic N) is 1. The van der Waals surface area contributed by atoms with Crippen LogP contribution in [0.3, 0.4) is 0 Å². The monoisotopic (exact) mass is 271 g/mol. The maximum absolute atomic E-state index is 10.7. The topological polar surface area (TPSA) is 29.4 Å². The molecular weight excluding hydrogens is 258 g/mol. The molecule has 2 nitrogen and oxygen atoms in total. The van der Waals surface area contributed by atoms with Crippen LogP contribution in [0.1, 0.15) is 0 Å². The zero-order chi connectivity index (χ0) is 14.5. The van der Waals surface area contributed by atoms with Crippen molar-refractivity contribution in [1.29, 1.82) is 0 Å². The van der Waals surface area contributed by atoms with Crippen LogP contribution < -0.4 is 0 Å². The van der Waals surface area contributed by atoms with Gasteiger partial charge in [0.05, 0.1) is 5.69 Å². The van der Waals surface area contributed by atoms with Crippen molar-refractivity contribution in [1.82, 2.24) is 0 Å². The Labute approximate surface area is 123 Å². The van der Waals surface area contributed by atoms with Crippen LogP contribution in [-0.4, -0.2) is 6.08 Å². The predicted molar refractivity (Wildman–Crippen MR) is 85.1 cm³/mol. The third-order valence-corrected chi connectivity index (χ3v) is 3.36. The van der Waals surface area contributed by atoms with Gasteiger partial charge in [-0.1, -0.05) is 72.8 Å². The number of hydrogen-bond donors (Lipinski definition) is 0. The summed E-state index contributed by atoms with van der Waals surface area (Å²) in [5.74, 6) is 0. The van der Waals surface area contributed by atoms with Crippen molar-refractivity contribution in [2.24, 2.45) is 4.99 Å². The second-order valence-electron chi connectivity index (χ2n) is 4.63. The molecule has 0 saturated carbocycles. The van der Waals surface area contributed by atoms with E-state index in [1.54, 1.807) is 6.08 Å². The van der Waals surface area contributed by atoms with Crippen molar-refractivity contribution >= 4 is 11.8 Å². The number of aliphatic imine (C=N–C) groups is 1. The van der Waals surface area contributed by atoms with Crippen LogP contribution in [0.2, 0.25) is 0 Å². The van der Waals surface area contributed by atoms with Crippen molar-refractivity contribution in [3.63, 3.8) is 0 Å². The highest BCUT2D eigenvalue weighted by Crippen LogP contribution is 2.38. The van der Waals surface area contributed by atoms with E-state index in [0.29, 0.717) is 5.69 Å². The van der Waals surface area contributed by atoms with Crippen LogP contribution in [0.25, 0.3) is 22.3 Å². The largest absolute Gasteiger partial charge is 0.240 e. The minimum Gasteiger partial charge on any atom is -0.211 e. The lowest BCUT2D eigenvalue weighted by molar-refractivity contribution is 0.565. The number of carbonyl (C=O) groups excluding carboxylic acids is 1. The van der Waals surface area contributed by atoms with Crippen molar-refractivity contribution in [3.8, 4) is 22.3 Å². The summed E-state index contributed by atoms with van der Waals surface area (Å²) in [7, 11) is 0. The first-order chi connectivity index (χ1) is 10.4. The molecule has 0 spiro atoms. The summed E-state index contributed by atoms with van der Waals surface area (Å²) in [6.07, 6.45) is 1.65. The van der Waals surface area contributed by atoms with E-state index in [9.17, 15) is 4.79 Å². The Morgan fingerprint density at radius 1 is 0.667 bits per heavy atom. The number of hydrogen-bond acceptors (Lipinski definition) is 2. The van der Waals surface area contributed by atoms with E-state index < -0.39 is 0 Å². The quantitative estimate of drug-likeness (QED) is 0.487. The molecule has 0 unspecified atom stereocenters. The molecule has 3 aromatic carbocycles. The first-order valence-electron chi connectivity index (χ1n) is 6.72. The number of benzene rings is 3. The fourth-order valence-corrected chi connectivity index (χ4v) is 2.45. The molecular formula is C19H13NO. The molecule has 0 radical (unpaired) electrons. The van der Waals surface area contributed by atoms with Crippen LogP contribution >= 0.6 is 0 Å². The molecule has 0 amide bonds. The first kappa shape index (κ1) is 13.0. The van der Waals surface area contributed by atoms with E-state index in [0.717, 1.165) is 22.3 Å². The van der Waals surface area contributed by atoms with E-state index in [4.69, 9.17) is 0 Å². The Bertz CT molecular complexity index is 788. The summed E-state index contributed by atoms with van der Waals surface area (Å²) in [6.45, 7) is 0. The van der Waals surface area contributed by atoms with Gasteiger partial charge in [-0.3, -0.25) is 0 Å². The molecule has 0 N–H and O–H groups in total. The predicted octanol–water partition coefficient (Wildman–Crippen LogP) is 4.99. The Morgan fingerprint density at radius 3 is 1.90 bits per heavy atom. The zero-order valence-electron chi connectivity index (χ0n) is 11.4. The van der Waals surface area contributed by atoms with E-state index in [2.05, 4.69) is 17.1 Å². The van der Waals surface area contributed by atoms with Crippen molar-refractivity contribution in [2.75, 3.05) is 0 Å². The summed E-state index contributed by atoms with van der Waals surface area (Å²) in [5, 5.41) is 0. The molecule has 0 aromatic heterocycles. The van der Waals surface area contributed by atoms with Crippen LogP contribution in [0.5, 0.6) is 0 Å². The molecule has 0 aliphatic carbocycles. The molecule has 2 heteroatoms. The van der Waals surface area contributed by atoms with Gasteiger partial charge in [-0.25, -0.2) is 4.79 Å². The smallest absolute Gasteiger partial charge is 0.211 e. The van der Waals surface area contributed by atoms with E-state index in [1.165, 1.54) is 0 Å². The molecule has 0 fully saturated rings. The fraction of sp³-hybridized carbons (Fsp3) is 0. The van der Waals surface area contributed by atoms with Gasteiger partial charge in [0.15, 0.2) is 0 Å². The molecule has 0 atom stereocenters. The number of isocyanates is 1. The van der Waals surface area contributed by atoms with E-state index in [-0.39, 0.29) is 0 Å². The van der Waals surface area contributed by atoms with E-state index >= 15 is 0 Å². The van der Waals surface area contributed by atoms with Gasteiger partial charge in [0.1, 0.15) is 0 Å². The zero-order valence-corrected chi connectivity index (χ0v) is 11.4. The Morgan fingerprint density at radius 2 is 1.29 bits per heavy atom. The van der Waals surface area contributed by atoms with Gasteiger partial charge in [-0.2, -0.15) is 4.99 Å². The summed E-state index contributed by atoms with van der Waals surface area (Å²) in [5.41, 5.74) is 4.77. The highest BCUT2D eigenvalue weighted by molar-refractivity contribution is 5.91. The van der Waals surface area contributed by atoms with Crippen molar-refractivity contribution in [3.05, 3.63) is 78.9 Å². The average molecular weight is 271 g/mol. The molecule has 0 aliphatic rings. The normalized spacial score (nSPS) is 9.90. The standard InChI is InChI=1S/C19H13NO/c21-14-20-18-13-7-12-17(15-8-3-1-4-9-15)19(18)16-10-5-2-6-11-16/h1-13H. The highest BCUT2D eigenvalue weighted by Gasteiger charge is 2.11. The van der Waals surface area contributed by atoms with Gasteiger partial charge in [0.2, 0.25) is 6.08 Å². The van der Waals surface area contributed by atoms with Crippen molar-refractivity contribution in [2.45, 2.75) is 0 Å². The summed E-state index contributed by atoms with van der Waals surface area (Å²) < 4.78 is 0. The molecule has 100 valence electrons. The van der Waals surface area contributed by atoms with Gasteiger partial charge in [-0.15, -0.1) is 0 Å². The third kappa shape index (κ3) is 2.66. The summed E-state index contributed by atoms with van der Waals surface area (Å²) >= 11 is 0. The lowest BCUT2D eigenvalue weighted by Gasteiger charge is -2.12. The minimum absolute atomic E-state index is 0.637. The van der Waals surface area contributed by atoms with Crippen LogP contribution in [0.15, 0.2) is 83.9 Å². The van der Waals surface area contributed by atoms with Crippen molar-refractivity contribution < 1.29 is 4.79 Å². The van der Waals surface area contributed by atoms with Gasteiger partial charge < -0.3 is 0 Å². The molecule has 0 bridgehead atoms. The molecule has 3 aromatic rings. The lowest BCUT2D eigenvalue weighted by atomic mass is 9.93. The second kappa shape index (κ2) is 6.00. The molecule has 0 heterocycles. The third-order valence-electron chi connectivity index (χ3n) is 3.36. The minimum atomic E-state index is 0.637. The Kier molecular flexibility index (Phi) is 3.72. The first-order valence-corrected chi connectivity index (χ1v) is 6.72. The van der Waals surface area contributed by atoms with Gasteiger partial charge in [0, 0.05) is 5.56 Å². The molecule has 0 saturated heterocycles. The SMILES string of the molecule is O=C=Nc1cccc(-c2ccccc2)c1-c1ccccc1. The van der Waals surface area contributed by atoms with Crippen LogP contribution in [0.4, 0.5) is 5.69 Å².